The summed E-state index contributed by atoms with van der Waals surface area (Å²) >= 11 is 5.92. The normalized spacial score (nSPS) is 15.8. The molecule has 1 saturated heterocycles. The molecule has 0 spiro atoms. The lowest BCUT2D eigenvalue weighted by Crippen LogP contribution is -2.42. The first-order valence-electron chi connectivity index (χ1n) is 22.2. The first-order valence-corrected chi connectivity index (χ1v) is 22.6. The van der Waals surface area contributed by atoms with E-state index in [2.05, 4.69) is 79.3 Å². The van der Waals surface area contributed by atoms with Gasteiger partial charge in [0, 0.05) is 54.4 Å². The number of carbonyl (C=O) groups excluding carboxylic acids is 2. The Labute approximate surface area is 387 Å². The molecule has 2 N–H and O–H groups in total. The van der Waals surface area contributed by atoms with Gasteiger partial charge in [0.15, 0.2) is 5.78 Å². The van der Waals surface area contributed by atoms with Gasteiger partial charge in [0.05, 0.1) is 23.8 Å². The number of likely N-dealkylation sites (tertiary alicyclic amines) is 1. The molecule has 9 nitrogen and oxygen atoms in total. The molecular weight excluding hydrogens is 841 g/mol. The van der Waals surface area contributed by atoms with Gasteiger partial charge in [-0.1, -0.05) is 109 Å². The largest absolute Gasteiger partial charge is 0.481 e. The van der Waals surface area contributed by atoms with E-state index in [4.69, 9.17) is 21.4 Å². The fraction of sp³-hybridized carbons (Fsp3) is 0.315. The van der Waals surface area contributed by atoms with Crippen LogP contribution in [0.2, 0.25) is 5.02 Å². The molecule has 65 heavy (non-hydrogen) atoms. The number of benzene rings is 5. The van der Waals surface area contributed by atoms with Gasteiger partial charge in [-0.2, -0.15) is 0 Å². The van der Waals surface area contributed by atoms with E-state index in [0.29, 0.717) is 54.1 Å². The minimum absolute atomic E-state index is 0.0114. The molecule has 0 radical (unpaired) electrons. The number of nitrogens with zero attached hydrogens (tertiary/aromatic N) is 3. The van der Waals surface area contributed by atoms with Crippen molar-refractivity contribution in [2.24, 2.45) is 0 Å². The van der Waals surface area contributed by atoms with E-state index >= 15 is 0 Å². The van der Waals surface area contributed by atoms with Crippen LogP contribution in [0.4, 0.5) is 4.39 Å². The number of carboxylic acid groups (broad SMARTS) is 1. The van der Waals surface area contributed by atoms with Gasteiger partial charge in [0.2, 0.25) is 5.78 Å². The summed E-state index contributed by atoms with van der Waals surface area (Å²) in [5.41, 5.74) is 6.32. The number of aromatic nitrogens is 1. The van der Waals surface area contributed by atoms with Crippen LogP contribution >= 0.6 is 11.6 Å². The molecule has 0 aliphatic carbocycles. The van der Waals surface area contributed by atoms with Crippen molar-refractivity contribution < 1.29 is 33.7 Å². The predicted octanol–water partition coefficient (Wildman–Crippen LogP) is 10.4. The van der Waals surface area contributed by atoms with Crippen molar-refractivity contribution in [3.8, 4) is 0 Å². The minimum Gasteiger partial charge on any atom is -0.481 e. The number of aryl methyl sites for hydroxylation is 1. The molecule has 1 aromatic heterocycles. The number of carbonyl (C=O) groups is 3. The van der Waals surface area contributed by atoms with Gasteiger partial charge in [0.25, 0.3) is 0 Å². The van der Waals surface area contributed by atoms with Crippen molar-refractivity contribution in [1.29, 1.82) is 0 Å². The number of piperidine rings is 1. The Kier molecular flexibility index (Phi) is 17.6. The molecule has 0 amide bonds. The number of ketones is 2. The maximum atomic E-state index is 12.9. The Morgan fingerprint density at radius 1 is 0.800 bits per heavy atom. The highest BCUT2D eigenvalue weighted by atomic mass is 35.5. The molecule has 5 aromatic carbocycles. The van der Waals surface area contributed by atoms with Crippen LogP contribution in [0.15, 0.2) is 146 Å². The quantitative estimate of drug-likeness (QED) is 0.0981. The fourth-order valence-electron chi connectivity index (χ4n) is 8.30. The van der Waals surface area contributed by atoms with Crippen molar-refractivity contribution in [2.75, 3.05) is 46.9 Å². The van der Waals surface area contributed by atoms with E-state index in [-0.39, 0.29) is 23.5 Å². The molecule has 8 rings (SSSR count). The second-order valence-electron chi connectivity index (χ2n) is 16.9. The standard InChI is InChI=1S/C21H23ClFNO2.C18H23NO.C15H13NO3/c22-18-7-5-17(6-8-18)21(26)11-14-24(15-12-21)13-1-2-20(25)16-3-9-19(23)10-4-16;1-15-9-7-8-12-17(15)18(20-14-13-19(2)3)16-10-5-4-6-11-16;17-14(10-4-2-1-3-5-10)13-7-6-12-11(15(18)19)8-9-16(12)13/h3-10,26H,1-2,11-15H2;4-12,18H,13-14H2,1-3H3;1-7,11H,8-9H2,(H,18,19). The van der Waals surface area contributed by atoms with Crippen LogP contribution in [0.25, 0.3) is 0 Å². The number of ether oxygens (including phenoxy) is 1. The minimum atomic E-state index is -0.824. The first kappa shape index (κ1) is 48.7. The zero-order chi connectivity index (χ0) is 46.3. The van der Waals surface area contributed by atoms with Crippen molar-refractivity contribution in [3.05, 3.63) is 201 Å². The third-order valence-electron chi connectivity index (χ3n) is 12.1. The number of halogens is 2. The van der Waals surface area contributed by atoms with Crippen molar-refractivity contribution >= 4 is 29.1 Å². The molecule has 2 atom stereocenters. The number of aliphatic carboxylic acids is 1. The average Bonchev–Trinajstić information content (AvgIpc) is 3.93. The SMILES string of the molecule is Cc1ccccc1C(OCCN(C)C)c1ccccc1.O=C(CCCN1CCC(O)(c2ccc(Cl)cc2)CC1)c1ccc(F)cc1.O=C(c1ccccc1)c1ccc2n1CCC2C(=O)O. The molecule has 0 bridgehead atoms. The van der Waals surface area contributed by atoms with Gasteiger partial charge in [0.1, 0.15) is 11.9 Å². The van der Waals surface area contributed by atoms with Gasteiger partial charge in [-0.3, -0.25) is 14.4 Å². The van der Waals surface area contributed by atoms with Gasteiger partial charge in [-0.25, -0.2) is 4.39 Å². The zero-order valence-electron chi connectivity index (χ0n) is 37.4. The molecule has 340 valence electrons. The third kappa shape index (κ3) is 13.4. The van der Waals surface area contributed by atoms with E-state index in [0.717, 1.165) is 50.5 Å². The predicted molar refractivity (Wildman–Crippen MR) is 254 cm³/mol. The summed E-state index contributed by atoms with van der Waals surface area (Å²) in [5, 5.41) is 20.7. The van der Waals surface area contributed by atoms with Crippen molar-refractivity contribution in [2.45, 2.75) is 63.2 Å². The molecule has 11 heteroatoms. The monoisotopic (exact) mass is 899 g/mol. The van der Waals surface area contributed by atoms with Gasteiger partial charge in [-0.05, 0) is 124 Å². The first-order chi connectivity index (χ1) is 31.3. The van der Waals surface area contributed by atoms with Gasteiger partial charge >= 0.3 is 5.97 Å². The number of fused-ring (bicyclic) bond motifs is 1. The summed E-state index contributed by atoms with van der Waals surface area (Å²) in [4.78, 5) is 40.0. The molecule has 0 saturated carbocycles. The molecular formula is C54H59ClFN3O6. The lowest BCUT2D eigenvalue weighted by molar-refractivity contribution is -0.138. The molecule has 2 aliphatic rings. The Hall–Kier alpha value is -5.75. The maximum Gasteiger partial charge on any atom is 0.312 e. The highest BCUT2D eigenvalue weighted by molar-refractivity contribution is 6.30. The average molecular weight is 901 g/mol. The van der Waals surface area contributed by atoms with E-state index in [9.17, 15) is 23.9 Å². The number of rotatable bonds is 15. The molecule has 6 aromatic rings. The smallest absolute Gasteiger partial charge is 0.312 e. The van der Waals surface area contributed by atoms with E-state index in [1.165, 1.54) is 41.0 Å². The molecule has 1 fully saturated rings. The van der Waals surface area contributed by atoms with Gasteiger partial charge < -0.3 is 29.3 Å². The van der Waals surface area contributed by atoms with E-state index in [1.54, 1.807) is 24.3 Å². The van der Waals surface area contributed by atoms with Crippen LogP contribution in [0.3, 0.4) is 0 Å². The second kappa shape index (κ2) is 23.4. The Morgan fingerprint density at radius 3 is 2.06 bits per heavy atom. The Morgan fingerprint density at radius 2 is 1.43 bits per heavy atom. The van der Waals surface area contributed by atoms with Crippen LogP contribution in [0.1, 0.15) is 98.5 Å². The Bertz CT molecular complexity index is 2450. The van der Waals surface area contributed by atoms with E-state index < -0.39 is 17.5 Å². The maximum absolute atomic E-state index is 12.9. The van der Waals surface area contributed by atoms with Gasteiger partial charge in [-0.15, -0.1) is 0 Å². The molecule has 2 unspecified atom stereocenters. The number of aliphatic hydroxyl groups is 1. The van der Waals surface area contributed by atoms with E-state index in [1.807, 2.05) is 53.1 Å². The van der Waals surface area contributed by atoms with Crippen LogP contribution in [-0.2, 0) is 21.7 Å². The summed E-state index contributed by atoms with van der Waals surface area (Å²) in [6, 6.07) is 44.5. The second-order valence-corrected chi connectivity index (χ2v) is 17.3. The van der Waals surface area contributed by atoms with Crippen molar-refractivity contribution in [3.63, 3.8) is 0 Å². The Balaban J connectivity index is 0.000000164. The van der Waals surface area contributed by atoms with Crippen LogP contribution in [0, 0.1) is 12.7 Å². The fourth-order valence-corrected chi connectivity index (χ4v) is 8.42. The topological polar surface area (TPSA) is 112 Å². The number of hydrogen-bond acceptors (Lipinski definition) is 7. The van der Waals surface area contributed by atoms with Crippen LogP contribution < -0.4 is 0 Å². The highest BCUT2D eigenvalue weighted by Gasteiger charge is 2.34. The number of hydrogen-bond donors (Lipinski definition) is 2. The summed E-state index contributed by atoms with van der Waals surface area (Å²) in [6.45, 7) is 6.79. The third-order valence-corrected chi connectivity index (χ3v) is 12.3. The zero-order valence-corrected chi connectivity index (χ0v) is 38.2. The number of Topliss-reactive ketones (excluding diaryl/α,β-unsaturated/α-hetero) is 1. The molecule has 3 heterocycles. The summed E-state index contributed by atoms with van der Waals surface area (Å²) in [7, 11) is 4.13. The summed E-state index contributed by atoms with van der Waals surface area (Å²) in [5.74, 6) is -1.66. The molecule has 2 aliphatic heterocycles. The van der Waals surface area contributed by atoms with Crippen LogP contribution in [0.5, 0.6) is 0 Å². The lowest BCUT2D eigenvalue weighted by Gasteiger charge is -2.38. The number of carboxylic acids is 1. The van der Waals surface area contributed by atoms with Crippen LogP contribution in [-0.4, -0.2) is 89.0 Å². The summed E-state index contributed by atoms with van der Waals surface area (Å²) < 4.78 is 20.9. The number of likely N-dealkylation sites (N-methyl/N-ethyl adjacent to an activating group) is 1. The highest BCUT2D eigenvalue weighted by Crippen LogP contribution is 2.34. The lowest BCUT2D eigenvalue weighted by atomic mass is 9.84. The van der Waals surface area contributed by atoms with Crippen molar-refractivity contribution in [1.82, 2.24) is 14.4 Å². The summed E-state index contributed by atoms with van der Waals surface area (Å²) in [6.07, 6.45) is 3.11.